The predicted molar refractivity (Wildman–Crippen MR) is 43.4 cm³/mol. The van der Waals surface area contributed by atoms with Crippen LogP contribution in [0.2, 0.25) is 0 Å². The van der Waals surface area contributed by atoms with Crippen molar-refractivity contribution in [1.82, 2.24) is 4.72 Å². The van der Waals surface area contributed by atoms with E-state index in [0.717, 1.165) is 0 Å². The lowest BCUT2D eigenvalue weighted by molar-refractivity contribution is 0.308. The molecule has 5 heteroatoms. The van der Waals surface area contributed by atoms with Crippen molar-refractivity contribution < 1.29 is 12.6 Å². The Morgan fingerprint density at radius 3 is 2.36 bits per heavy atom. The molecule has 1 N–H and O–H groups in total. The van der Waals surface area contributed by atoms with Crippen LogP contribution < -0.4 is 4.72 Å². The average molecular weight is 181 g/mol. The Labute approximate surface area is 68.2 Å². The highest BCUT2D eigenvalue weighted by Gasteiger charge is 2.10. The molecule has 0 saturated carbocycles. The standard InChI is InChI=1S/C6H15NO3S/c1-4-5-10-11(8,9)7-6(2)3/h6-7H,4-5H2,1-3H3. The van der Waals surface area contributed by atoms with Crippen LogP contribution in [0.15, 0.2) is 0 Å². The van der Waals surface area contributed by atoms with E-state index in [9.17, 15) is 8.42 Å². The molecule has 0 aromatic heterocycles. The molecular formula is C6H15NO3S. The Balaban J connectivity index is 3.82. The number of hydrogen-bond acceptors (Lipinski definition) is 3. The lowest BCUT2D eigenvalue weighted by Gasteiger charge is -2.08. The summed E-state index contributed by atoms with van der Waals surface area (Å²) in [5.41, 5.74) is 0. The molecular weight excluding hydrogens is 166 g/mol. The molecule has 0 aliphatic heterocycles. The molecule has 0 amide bonds. The summed E-state index contributed by atoms with van der Waals surface area (Å²) in [6.07, 6.45) is 0.693. The molecule has 0 aliphatic carbocycles. The van der Waals surface area contributed by atoms with E-state index in [1.807, 2.05) is 6.92 Å². The van der Waals surface area contributed by atoms with Crippen LogP contribution in [-0.2, 0) is 14.5 Å². The summed E-state index contributed by atoms with van der Waals surface area (Å²) in [5, 5.41) is 0. The maximum atomic E-state index is 10.9. The largest absolute Gasteiger partial charge is 0.336 e. The third kappa shape index (κ3) is 6.28. The second-order valence-corrected chi connectivity index (χ2v) is 3.93. The van der Waals surface area contributed by atoms with Gasteiger partial charge in [-0.1, -0.05) is 6.92 Å². The first kappa shape index (κ1) is 10.9. The lowest BCUT2D eigenvalue weighted by atomic mass is 10.4. The van der Waals surface area contributed by atoms with Crippen molar-refractivity contribution >= 4 is 10.3 Å². The van der Waals surface area contributed by atoms with Crippen LogP contribution in [-0.4, -0.2) is 21.1 Å². The normalized spacial score (nSPS) is 12.4. The fourth-order valence-electron chi connectivity index (χ4n) is 0.516. The van der Waals surface area contributed by atoms with E-state index in [1.165, 1.54) is 0 Å². The van der Waals surface area contributed by atoms with Gasteiger partial charge in [0.2, 0.25) is 0 Å². The average Bonchev–Trinajstić information content (AvgIpc) is 1.81. The molecule has 0 saturated heterocycles. The predicted octanol–water partition coefficient (Wildman–Crippen LogP) is 0.656. The van der Waals surface area contributed by atoms with E-state index in [0.29, 0.717) is 6.42 Å². The van der Waals surface area contributed by atoms with Crippen molar-refractivity contribution in [1.29, 1.82) is 0 Å². The van der Waals surface area contributed by atoms with Gasteiger partial charge in [-0.25, -0.2) is 0 Å². The van der Waals surface area contributed by atoms with Crippen LogP contribution in [0.4, 0.5) is 0 Å². The maximum Gasteiger partial charge on any atom is 0.336 e. The van der Waals surface area contributed by atoms with E-state index in [-0.39, 0.29) is 12.6 Å². The fraction of sp³-hybridized carbons (Fsp3) is 1.00. The van der Waals surface area contributed by atoms with Gasteiger partial charge in [-0.2, -0.15) is 13.1 Å². The monoisotopic (exact) mass is 181 g/mol. The molecule has 0 spiro atoms. The van der Waals surface area contributed by atoms with Gasteiger partial charge in [0.15, 0.2) is 0 Å². The summed E-state index contributed by atoms with van der Waals surface area (Å²) in [6, 6.07) is -0.114. The molecule has 0 aromatic rings. The highest BCUT2D eigenvalue weighted by molar-refractivity contribution is 7.84. The van der Waals surface area contributed by atoms with Crippen LogP contribution in [0.1, 0.15) is 27.2 Å². The minimum Gasteiger partial charge on any atom is -0.258 e. The van der Waals surface area contributed by atoms with Gasteiger partial charge < -0.3 is 0 Å². The topological polar surface area (TPSA) is 55.4 Å². The van der Waals surface area contributed by atoms with Gasteiger partial charge >= 0.3 is 10.3 Å². The molecule has 4 nitrogen and oxygen atoms in total. The number of hydrogen-bond donors (Lipinski definition) is 1. The molecule has 0 fully saturated rings. The Morgan fingerprint density at radius 2 is 2.00 bits per heavy atom. The van der Waals surface area contributed by atoms with Gasteiger partial charge in [-0.3, -0.25) is 4.18 Å². The SMILES string of the molecule is CCCOS(=O)(=O)NC(C)C. The van der Waals surface area contributed by atoms with Crippen molar-refractivity contribution in [2.75, 3.05) is 6.61 Å². The summed E-state index contributed by atoms with van der Waals surface area (Å²) >= 11 is 0. The zero-order valence-corrected chi connectivity index (χ0v) is 7.94. The molecule has 0 radical (unpaired) electrons. The third-order valence-electron chi connectivity index (χ3n) is 0.823. The van der Waals surface area contributed by atoms with Crippen molar-refractivity contribution in [3.63, 3.8) is 0 Å². The van der Waals surface area contributed by atoms with Gasteiger partial charge in [-0.05, 0) is 20.3 Å². The molecule has 0 aromatic carbocycles. The zero-order valence-electron chi connectivity index (χ0n) is 7.12. The molecule has 0 heterocycles. The Morgan fingerprint density at radius 1 is 1.45 bits per heavy atom. The first-order valence-corrected chi connectivity index (χ1v) is 5.05. The highest BCUT2D eigenvalue weighted by atomic mass is 32.2. The molecule has 0 aliphatic rings. The minimum absolute atomic E-state index is 0.114. The summed E-state index contributed by atoms with van der Waals surface area (Å²) < 4.78 is 28.6. The van der Waals surface area contributed by atoms with E-state index in [4.69, 9.17) is 0 Å². The first-order valence-electron chi connectivity index (χ1n) is 3.64. The van der Waals surface area contributed by atoms with Crippen molar-refractivity contribution in [3.05, 3.63) is 0 Å². The molecule has 11 heavy (non-hydrogen) atoms. The second kappa shape index (κ2) is 4.69. The zero-order chi connectivity index (χ0) is 8.91. The molecule has 0 bridgehead atoms. The Bertz CT molecular complexity index is 186. The summed E-state index contributed by atoms with van der Waals surface area (Å²) in [5.74, 6) is 0. The number of nitrogens with one attached hydrogen (secondary N) is 1. The minimum atomic E-state index is -3.49. The van der Waals surface area contributed by atoms with Crippen molar-refractivity contribution in [2.45, 2.75) is 33.2 Å². The summed E-state index contributed by atoms with van der Waals surface area (Å²) in [6.45, 7) is 5.58. The molecule has 0 rings (SSSR count). The molecule has 0 atom stereocenters. The van der Waals surface area contributed by atoms with E-state index in [1.54, 1.807) is 13.8 Å². The van der Waals surface area contributed by atoms with Crippen molar-refractivity contribution in [3.8, 4) is 0 Å². The van der Waals surface area contributed by atoms with Gasteiger partial charge in [0.25, 0.3) is 0 Å². The van der Waals surface area contributed by atoms with Crippen LogP contribution in [0.25, 0.3) is 0 Å². The van der Waals surface area contributed by atoms with Gasteiger partial charge in [0.1, 0.15) is 0 Å². The first-order chi connectivity index (χ1) is 4.98. The van der Waals surface area contributed by atoms with Crippen LogP contribution >= 0.6 is 0 Å². The maximum absolute atomic E-state index is 10.9. The van der Waals surface area contributed by atoms with Gasteiger partial charge in [0, 0.05) is 6.04 Å². The highest BCUT2D eigenvalue weighted by Crippen LogP contribution is 1.91. The number of rotatable bonds is 5. The smallest absolute Gasteiger partial charge is 0.258 e. The lowest BCUT2D eigenvalue weighted by Crippen LogP contribution is -2.31. The fourth-order valence-corrected chi connectivity index (χ4v) is 1.55. The van der Waals surface area contributed by atoms with Gasteiger partial charge in [-0.15, -0.1) is 0 Å². The van der Waals surface area contributed by atoms with E-state index in [2.05, 4.69) is 8.91 Å². The molecule has 68 valence electrons. The van der Waals surface area contributed by atoms with Crippen LogP contribution in [0.3, 0.4) is 0 Å². The Kier molecular flexibility index (Phi) is 4.63. The molecule has 0 unspecified atom stereocenters. The van der Waals surface area contributed by atoms with Crippen molar-refractivity contribution in [2.24, 2.45) is 0 Å². The van der Waals surface area contributed by atoms with E-state index >= 15 is 0 Å². The quantitative estimate of drug-likeness (QED) is 0.677. The van der Waals surface area contributed by atoms with Gasteiger partial charge in [0.05, 0.1) is 6.61 Å². The second-order valence-electron chi connectivity index (χ2n) is 2.55. The van der Waals surface area contributed by atoms with E-state index < -0.39 is 10.3 Å². The van der Waals surface area contributed by atoms with Crippen LogP contribution in [0, 0.1) is 0 Å². The summed E-state index contributed by atoms with van der Waals surface area (Å²) in [7, 11) is -3.49. The Hall–Kier alpha value is -0.130. The third-order valence-corrected chi connectivity index (χ3v) is 2.06. The summed E-state index contributed by atoms with van der Waals surface area (Å²) in [4.78, 5) is 0. The van der Waals surface area contributed by atoms with Crippen LogP contribution in [0.5, 0.6) is 0 Å².